The smallest absolute Gasteiger partial charge is 0.406 e. The summed E-state index contributed by atoms with van der Waals surface area (Å²) < 4.78 is 44.1. The number of methoxy groups -OCH3 is 1. The predicted octanol–water partition coefficient (Wildman–Crippen LogP) is 3.82. The number of carbonyl (C=O) groups excluding carboxylic acids is 1. The fraction of sp³-hybridized carbons (Fsp3) is 0.235. The summed E-state index contributed by atoms with van der Waals surface area (Å²) in [6, 6.07) is 13.2. The Morgan fingerprint density at radius 2 is 1.92 bits per heavy atom. The van der Waals surface area contributed by atoms with Gasteiger partial charge in [-0.05, 0) is 29.8 Å². The topological polar surface area (TPSA) is 41.6 Å². The second-order valence-electron chi connectivity index (χ2n) is 5.42. The Hall–Kier alpha value is -2.70. The molecule has 0 unspecified atom stereocenters. The maximum Gasteiger partial charge on any atom is 0.406 e. The number of alkyl halides is 3. The maximum absolute atomic E-state index is 13.0. The van der Waals surface area contributed by atoms with E-state index in [1.165, 1.54) is 13.2 Å². The monoisotopic (exact) mass is 336 g/mol. The van der Waals surface area contributed by atoms with Crippen molar-refractivity contribution < 1.29 is 22.7 Å². The third-order valence-corrected chi connectivity index (χ3v) is 3.78. The van der Waals surface area contributed by atoms with Crippen molar-refractivity contribution in [1.82, 2.24) is 4.90 Å². The van der Waals surface area contributed by atoms with Crippen molar-refractivity contribution in [2.75, 3.05) is 19.0 Å². The summed E-state index contributed by atoms with van der Waals surface area (Å²) in [5, 5.41) is 3.02. The maximum atomic E-state index is 13.0. The first-order valence-corrected chi connectivity index (χ1v) is 7.26. The molecule has 0 bridgehead atoms. The lowest BCUT2D eigenvalue weighted by Gasteiger charge is -2.38. The summed E-state index contributed by atoms with van der Waals surface area (Å²) in [4.78, 5) is 13.4. The molecule has 0 aliphatic carbocycles. The molecule has 24 heavy (non-hydrogen) atoms. The molecule has 0 radical (unpaired) electrons. The van der Waals surface area contributed by atoms with E-state index >= 15 is 0 Å². The molecule has 7 heteroatoms. The van der Waals surface area contributed by atoms with Crippen molar-refractivity contribution in [2.45, 2.75) is 12.3 Å². The minimum Gasteiger partial charge on any atom is -0.497 e. The van der Waals surface area contributed by atoms with E-state index < -0.39 is 24.8 Å². The van der Waals surface area contributed by atoms with Gasteiger partial charge in [-0.25, -0.2) is 0 Å². The van der Waals surface area contributed by atoms with Gasteiger partial charge in [0.05, 0.1) is 12.7 Å². The fourth-order valence-electron chi connectivity index (χ4n) is 2.72. The molecule has 1 atom stereocenters. The lowest BCUT2D eigenvalue weighted by molar-refractivity contribution is -0.144. The summed E-state index contributed by atoms with van der Waals surface area (Å²) in [6.45, 7) is -1.34. The van der Waals surface area contributed by atoms with E-state index in [4.69, 9.17) is 4.74 Å². The van der Waals surface area contributed by atoms with Gasteiger partial charge in [0.15, 0.2) is 0 Å². The summed E-state index contributed by atoms with van der Waals surface area (Å²) >= 11 is 0. The number of ether oxygens (including phenoxy) is 1. The van der Waals surface area contributed by atoms with Gasteiger partial charge in [-0.2, -0.15) is 13.2 Å². The van der Waals surface area contributed by atoms with Gasteiger partial charge >= 0.3 is 6.18 Å². The molecule has 1 aliphatic heterocycles. The van der Waals surface area contributed by atoms with Gasteiger partial charge in [0.25, 0.3) is 5.91 Å². The number of fused-ring (bicyclic) bond motifs is 1. The first-order valence-electron chi connectivity index (χ1n) is 7.26. The Morgan fingerprint density at radius 3 is 2.62 bits per heavy atom. The van der Waals surface area contributed by atoms with Crippen LogP contribution in [0.4, 0.5) is 18.9 Å². The zero-order valence-corrected chi connectivity index (χ0v) is 12.8. The molecule has 1 amide bonds. The van der Waals surface area contributed by atoms with E-state index in [1.54, 1.807) is 42.5 Å². The molecule has 2 aromatic rings. The van der Waals surface area contributed by atoms with Crippen molar-refractivity contribution in [3.63, 3.8) is 0 Å². The molecule has 3 rings (SSSR count). The Kier molecular flexibility index (Phi) is 4.09. The highest BCUT2D eigenvalue weighted by Crippen LogP contribution is 2.35. The summed E-state index contributed by atoms with van der Waals surface area (Å²) in [5.74, 6) is -0.151. The predicted molar refractivity (Wildman–Crippen MR) is 82.9 cm³/mol. The first kappa shape index (κ1) is 16.2. The molecule has 0 fully saturated rings. The van der Waals surface area contributed by atoms with Crippen LogP contribution in [-0.2, 0) is 0 Å². The minimum atomic E-state index is -4.50. The largest absolute Gasteiger partial charge is 0.497 e. The standard InChI is InChI=1S/C17H15F3N2O2/c1-24-12-6-4-5-11(9-12)15-21-14-8-3-2-7-13(14)16(23)22(15)10-17(18,19)20/h2-9,15,21H,10H2,1H3/t15-/m0/s1. The van der Waals surface area contributed by atoms with Crippen LogP contribution in [0.25, 0.3) is 0 Å². The molecule has 1 heterocycles. The Bertz CT molecular complexity index is 761. The van der Waals surface area contributed by atoms with Crippen molar-refractivity contribution in [1.29, 1.82) is 0 Å². The summed E-state index contributed by atoms with van der Waals surface area (Å²) in [6.07, 6.45) is -5.43. The number of anilines is 1. The van der Waals surface area contributed by atoms with Crippen molar-refractivity contribution in [3.05, 3.63) is 59.7 Å². The van der Waals surface area contributed by atoms with Gasteiger partial charge in [-0.15, -0.1) is 0 Å². The van der Waals surface area contributed by atoms with Crippen molar-refractivity contribution in [2.24, 2.45) is 0 Å². The molecular formula is C17H15F3N2O2. The van der Waals surface area contributed by atoms with Crippen LogP contribution in [0.3, 0.4) is 0 Å². The molecular weight excluding hydrogens is 321 g/mol. The van der Waals surface area contributed by atoms with Crippen LogP contribution in [0.5, 0.6) is 5.75 Å². The molecule has 1 aliphatic rings. The van der Waals surface area contributed by atoms with E-state index in [9.17, 15) is 18.0 Å². The second-order valence-corrected chi connectivity index (χ2v) is 5.42. The summed E-state index contributed by atoms with van der Waals surface area (Å²) in [7, 11) is 1.47. The van der Waals surface area contributed by atoms with E-state index in [2.05, 4.69) is 5.32 Å². The minimum absolute atomic E-state index is 0.223. The van der Waals surface area contributed by atoms with Crippen LogP contribution in [0.2, 0.25) is 0 Å². The van der Waals surface area contributed by atoms with Gasteiger partial charge in [-0.3, -0.25) is 4.79 Å². The molecule has 0 spiro atoms. The first-order chi connectivity index (χ1) is 11.4. The zero-order valence-electron chi connectivity index (χ0n) is 12.8. The van der Waals surface area contributed by atoms with E-state index in [-0.39, 0.29) is 5.56 Å². The molecule has 0 saturated carbocycles. The van der Waals surface area contributed by atoms with Crippen molar-refractivity contribution in [3.8, 4) is 5.75 Å². The molecule has 4 nitrogen and oxygen atoms in total. The highest BCUT2D eigenvalue weighted by molar-refractivity contribution is 6.01. The highest BCUT2D eigenvalue weighted by Gasteiger charge is 2.40. The number of nitrogens with one attached hydrogen (secondary N) is 1. The second kappa shape index (κ2) is 6.07. The van der Waals surface area contributed by atoms with Gasteiger partial charge in [-0.1, -0.05) is 24.3 Å². The van der Waals surface area contributed by atoms with Gasteiger partial charge < -0.3 is 15.0 Å². The van der Waals surface area contributed by atoms with Crippen LogP contribution in [0, 0.1) is 0 Å². The number of hydrogen-bond acceptors (Lipinski definition) is 3. The lowest BCUT2D eigenvalue weighted by atomic mass is 10.0. The Labute approximate surface area is 136 Å². The van der Waals surface area contributed by atoms with Gasteiger partial charge in [0.2, 0.25) is 0 Å². The highest BCUT2D eigenvalue weighted by atomic mass is 19.4. The molecule has 0 saturated heterocycles. The number of halogens is 3. The number of para-hydroxylation sites is 1. The van der Waals surface area contributed by atoms with E-state index in [0.29, 0.717) is 17.0 Å². The zero-order chi connectivity index (χ0) is 17.3. The third-order valence-electron chi connectivity index (χ3n) is 3.78. The third kappa shape index (κ3) is 3.15. The lowest BCUT2D eigenvalue weighted by Crippen LogP contribution is -2.47. The van der Waals surface area contributed by atoms with Crippen LogP contribution in [0.1, 0.15) is 22.1 Å². The number of amides is 1. The average molecular weight is 336 g/mol. The number of carbonyl (C=O) groups is 1. The van der Waals surface area contributed by atoms with Crippen LogP contribution >= 0.6 is 0 Å². The Morgan fingerprint density at radius 1 is 1.17 bits per heavy atom. The molecule has 1 N–H and O–H groups in total. The molecule has 0 aromatic heterocycles. The number of nitrogens with zero attached hydrogens (tertiary/aromatic N) is 1. The number of rotatable bonds is 3. The number of benzene rings is 2. The normalized spacial score (nSPS) is 17.2. The van der Waals surface area contributed by atoms with Crippen LogP contribution in [-0.4, -0.2) is 30.6 Å². The summed E-state index contributed by atoms with van der Waals surface area (Å²) in [5.41, 5.74) is 1.25. The molecule has 126 valence electrons. The van der Waals surface area contributed by atoms with Gasteiger partial charge in [0.1, 0.15) is 18.5 Å². The van der Waals surface area contributed by atoms with E-state index in [1.807, 2.05) is 0 Å². The number of hydrogen-bond donors (Lipinski definition) is 1. The van der Waals surface area contributed by atoms with Crippen LogP contribution in [0.15, 0.2) is 48.5 Å². The van der Waals surface area contributed by atoms with Gasteiger partial charge in [0, 0.05) is 5.69 Å². The average Bonchev–Trinajstić information content (AvgIpc) is 2.56. The quantitative estimate of drug-likeness (QED) is 0.926. The SMILES string of the molecule is COc1cccc([C@H]2Nc3ccccc3C(=O)N2CC(F)(F)F)c1. The fourth-order valence-corrected chi connectivity index (χ4v) is 2.72. The van der Waals surface area contributed by atoms with Crippen molar-refractivity contribution >= 4 is 11.6 Å². The molecule has 2 aromatic carbocycles. The Balaban J connectivity index is 2.05. The van der Waals surface area contributed by atoms with E-state index in [0.717, 1.165) is 4.90 Å². The van der Waals surface area contributed by atoms with Crippen LogP contribution < -0.4 is 10.1 Å².